The average molecular weight is 568 g/mol. The molecule has 1 amide bonds. The Morgan fingerprint density at radius 1 is 1.02 bits per heavy atom. The van der Waals surface area contributed by atoms with Gasteiger partial charge in [-0.25, -0.2) is 17.2 Å². The number of benzene rings is 3. The molecule has 2 heterocycles. The van der Waals surface area contributed by atoms with E-state index in [1.807, 2.05) is 0 Å². The molecule has 2 N–H and O–H groups in total. The molecule has 12 heteroatoms. The number of nitrogens with one attached hydrogen (secondary N) is 1. The predicted molar refractivity (Wildman–Crippen MR) is 145 cm³/mol. The van der Waals surface area contributed by atoms with E-state index >= 15 is 0 Å². The van der Waals surface area contributed by atoms with Gasteiger partial charge in [0.15, 0.2) is 6.61 Å². The fourth-order valence-electron chi connectivity index (χ4n) is 4.31. The van der Waals surface area contributed by atoms with Gasteiger partial charge >= 0.3 is 0 Å². The quantitative estimate of drug-likeness (QED) is 0.365. The molecule has 0 radical (unpaired) electrons. The fraction of sp³-hybridized carbons (Fsp3) is 0.143. The van der Waals surface area contributed by atoms with Crippen LogP contribution in [-0.2, 0) is 21.2 Å². The molecule has 0 fully saturated rings. The molecule has 0 bridgehead atoms. The minimum Gasteiger partial charge on any atom is -0.506 e. The van der Waals surface area contributed by atoms with Crippen molar-refractivity contribution in [2.45, 2.75) is 11.4 Å². The molecule has 206 valence electrons. The van der Waals surface area contributed by atoms with Crippen molar-refractivity contribution in [3.63, 3.8) is 0 Å². The van der Waals surface area contributed by atoms with Crippen molar-refractivity contribution >= 4 is 38.0 Å². The summed E-state index contributed by atoms with van der Waals surface area (Å²) in [7, 11) is -1.05. The van der Waals surface area contributed by atoms with E-state index in [0.717, 1.165) is 17.5 Å². The number of anilines is 1. The molecular formula is C28H23F2N3O6S. The second-order valence-corrected chi connectivity index (χ2v) is 11.1. The Bertz CT molecular complexity index is 1870. The van der Waals surface area contributed by atoms with Crippen molar-refractivity contribution in [1.82, 2.24) is 9.47 Å². The number of nitrogens with zero attached hydrogens (tertiary/aromatic N) is 2. The second-order valence-electron chi connectivity index (χ2n) is 9.34. The van der Waals surface area contributed by atoms with Gasteiger partial charge in [-0.1, -0.05) is 12.1 Å². The van der Waals surface area contributed by atoms with E-state index in [1.165, 1.54) is 58.0 Å². The van der Waals surface area contributed by atoms with Gasteiger partial charge in [0.1, 0.15) is 28.7 Å². The van der Waals surface area contributed by atoms with E-state index in [9.17, 15) is 31.9 Å². The first-order valence-corrected chi connectivity index (χ1v) is 13.5. The van der Waals surface area contributed by atoms with Gasteiger partial charge in [-0.3, -0.25) is 9.59 Å². The summed E-state index contributed by atoms with van der Waals surface area (Å²) in [5.74, 6) is -1.92. The van der Waals surface area contributed by atoms with E-state index < -0.39 is 32.8 Å². The number of ether oxygens (including phenoxy) is 1. The number of likely N-dealkylation sites (N-methyl/N-ethyl adjacent to an activating group) is 1. The second kappa shape index (κ2) is 10.1. The lowest BCUT2D eigenvalue weighted by Crippen LogP contribution is -2.28. The van der Waals surface area contributed by atoms with Crippen LogP contribution in [0.3, 0.4) is 0 Å². The highest BCUT2D eigenvalue weighted by Crippen LogP contribution is 2.38. The van der Waals surface area contributed by atoms with Crippen molar-refractivity contribution in [2.75, 3.05) is 26.0 Å². The van der Waals surface area contributed by atoms with E-state index in [2.05, 4.69) is 5.32 Å². The number of pyridine rings is 1. The number of fused-ring (bicyclic) bond motifs is 2. The number of halogens is 2. The molecule has 1 aliphatic rings. The maximum Gasteiger partial charge on any atom is 0.264 e. The summed E-state index contributed by atoms with van der Waals surface area (Å²) in [6, 6.07) is 13.0. The van der Waals surface area contributed by atoms with E-state index in [-0.39, 0.29) is 57.6 Å². The zero-order valence-electron chi connectivity index (χ0n) is 21.3. The summed E-state index contributed by atoms with van der Waals surface area (Å²) in [6.45, 7) is -0.354. The Morgan fingerprint density at radius 3 is 2.42 bits per heavy atom. The first-order valence-electron chi connectivity index (χ1n) is 12.0. The number of hydrogen-bond donors (Lipinski definition) is 2. The van der Waals surface area contributed by atoms with Gasteiger partial charge in [0.2, 0.25) is 9.84 Å². The molecule has 0 saturated heterocycles. The summed E-state index contributed by atoms with van der Waals surface area (Å²) < 4.78 is 60.9. The number of amides is 1. The van der Waals surface area contributed by atoms with E-state index in [1.54, 1.807) is 14.1 Å². The summed E-state index contributed by atoms with van der Waals surface area (Å²) >= 11 is 0. The minimum atomic E-state index is -4.16. The number of aromatic nitrogens is 1. The fourth-order valence-corrected chi connectivity index (χ4v) is 5.63. The largest absolute Gasteiger partial charge is 0.506 e. The van der Waals surface area contributed by atoms with Crippen molar-refractivity contribution in [1.29, 1.82) is 0 Å². The molecule has 0 atom stereocenters. The molecule has 0 saturated carbocycles. The Balaban J connectivity index is 1.61. The molecule has 40 heavy (non-hydrogen) atoms. The first-order chi connectivity index (χ1) is 18.9. The van der Waals surface area contributed by atoms with Crippen molar-refractivity contribution in [3.05, 3.63) is 99.2 Å². The molecule has 0 spiro atoms. The maximum absolute atomic E-state index is 14.2. The van der Waals surface area contributed by atoms with Crippen molar-refractivity contribution in [3.8, 4) is 11.5 Å². The molecule has 0 aliphatic carbocycles. The monoisotopic (exact) mass is 567 g/mol. The molecular weight excluding hydrogens is 544 g/mol. The zero-order valence-corrected chi connectivity index (χ0v) is 22.1. The highest BCUT2D eigenvalue weighted by molar-refractivity contribution is 7.94. The van der Waals surface area contributed by atoms with Crippen LogP contribution >= 0.6 is 0 Å². The normalized spacial score (nSPS) is 13.8. The van der Waals surface area contributed by atoms with Gasteiger partial charge in [-0.2, -0.15) is 0 Å². The number of carbonyl (C=O) groups excluding carboxylic acids is 1. The Labute approximate surface area is 227 Å². The summed E-state index contributed by atoms with van der Waals surface area (Å²) in [4.78, 5) is 26.7. The lowest BCUT2D eigenvalue weighted by atomic mass is 10.1. The zero-order chi connectivity index (χ0) is 28.8. The number of aromatic hydroxyl groups is 1. The number of sulfone groups is 1. The Hall–Kier alpha value is -4.71. The minimum absolute atomic E-state index is 0.0167. The third kappa shape index (κ3) is 5.00. The maximum atomic E-state index is 14.2. The molecule has 1 aliphatic heterocycles. The Kier molecular flexibility index (Phi) is 6.80. The molecule has 9 nitrogen and oxygen atoms in total. The lowest BCUT2D eigenvalue weighted by Gasteiger charge is -2.22. The van der Waals surface area contributed by atoms with Crippen LogP contribution in [0.25, 0.3) is 16.6 Å². The summed E-state index contributed by atoms with van der Waals surface area (Å²) in [5.41, 5.74) is -0.496. The predicted octanol–water partition coefficient (Wildman–Crippen LogP) is 3.70. The van der Waals surface area contributed by atoms with Crippen LogP contribution in [0.5, 0.6) is 11.5 Å². The van der Waals surface area contributed by atoms with Gasteiger partial charge in [0.05, 0.1) is 33.7 Å². The lowest BCUT2D eigenvalue weighted by molar-refractivity contribution is -0.130. The van der Waals surface area contributed by atoms with Gasteiger partial charge in [0, 0.05) is 25.5 Å². The van der Waals surface area contributed by atoms with Crippen LogP contribution in [0, 0.1) is 11.6 Å². The third-order valence-corrected chi connectivity index (χ3v) is 7.88. The number of carbonyl (C=O) groups is 1. The highest BCUT2D eigenvalue weighted by atomic mass is 32.2. The van der Waals surface area contributed by atoms with Crippen LogP contribution in [0.2, 0.25) is 0 Å². The molecule has 4 aromatic rings. The van der Waals surface area contributed by atoms with Crippen LogP contribution < -0.4 is 15.6 Å². The molecule has 1 aromatic heterocycles. The van der Waals surface area contributed by atoms with Crippen molar-refractivity contribution < 1.29 is 31.8 Å². The molecule has 0 unspecified atom stereocenters. The standard InChI is InChI=1S/C28H23F2N3O6S/c1-32(2)25(34)14-39-19-8-9-21-24(12-19)40(37,38)15-22(31-21)26-27(35)20-11-18(30)7-10-23(20)33(28(26)36)13-16-3-5-17(29)6-4-16/h3-12,15,31,35H,13-14H2,1-2H3. The van der Waals surface area contributed by atoms with Crippen LogP contribution in [0.4, 0.5) is 14.5 Å². The van der Waals surface area contributed by atoms with Gasteiger partial charge in [0.25, 0.3) is 11.5 Å². The topological polar surface area (TPSA) is 118 Å². The van der Waals surface area contributed by atoms with Gasteiger partial charge in [-0.15, -0.1) is 0 Å². The smallest absolute Gasteiger partial charge is 0.264 e. The van der Waals surface area contributed by atoms with Crippen LogP contribution in [0.1, 0.15) is 11.1 Å². The first kappa shape index (κ1) is 26.9. The van der Waals surface area contributed by atoms with Gasteiger partial charge < -0.3 is 24.6 Å². The SMILES string of the molecule is CN(C)C(=O)COc1ccc2c(c1)S(=O)(=O)C=C(c1c(O)c3cc(F)ccc3n(Cc3ccc(F)cc3)c1=O)N2. The number of hydrogen-bond acceptors (Lipinski definition) is 7. The van der Waals surface area contributed by atoms with E-state index in [4.69, 9.17) is 4.74 Å². The summed E-state index contributed by atoms with van der Waals surface area (Å²) in [5, 5.41) is 14.8. The number of rotatable bonds is 6. The molecule has 3 aromatic carbocycles. The van der Waals surface area contributed by atoms with E-state index in [0.29, 0.717) is 5.56 Å². The van der Waals surface area contributed by atoms with Crippen LogP contribution in [-0.4, -0.2) is 49.6 Å². The van der Waals surface area contributed by atoms with Crippen LogP contribution in [0.15, 0.2) is 75.8 Å². The average Bonchev–Trinajstić information content (AvgIpc) is 2.90. The highest BCUT2D eigenvalue weighted by Gasteiger charge is 2.29. The summed E-state index contributed by atoms with van der Waals surface area (Å²) in [6.07, 6.45) is 0. The molecule has 5 rings (SSSR count). The third-order valence-electron chi connectivity index (χ3n) is 6.39. The van der Waals surface area contributed by atoms with Gasteiger partial charge in [-0.05, 0) is 48.0 Å². The Morgan fingerprint density at radius 2 is 1.73 bits per heavy atom. The van der Waals surface area contributed by atoms with Crippen molar-refractivity contribution in [2.24, 2.45) is 0 Å².